The van der Waals surface area contributed by atoms with Gasteiger partial charge in [-0.2, -0.15) is 0 Å². The molecule has 0 N–H and O–H groups in total. The fourth-order valence-electron chi connectivity index (χ4n) is 6.41. The summed E-state index contributed by atoms with van der Waals surface area (Å²) in [6.07, 6.45) is 29.2. The van der Waals surface area contributed by atoms with Gasteiger partial charge in [-0.05, 0) is 87.9 Å². The van der Waals surface area contributed by atoms with Crippen LogP contribution in [0.15, 0.2) is 0 Å². The Morgan fingerprint density at radius 3 is 1.03 bits per heavy atom. The van der Waals surface area contributed by atoms with E-state index < -0.39 is 0 Å². The standard InChI is InChI=1S/C28H54O/c1-5-9-17-27(18-10-6-2)21-13-25(14-22-27)29-26-15-23-28(24-16-26,19-11-7-3)20-12-8-4/h25-26H,5-24H2,1-4H3. The lowest BCUT2D eigenvalue weighted by Crippen LogP contribution is -2.36. The second kappa shape index (κ2) is 13.4. The van der Waals surface area contributed by atoms with Gasteiger partial charge in [0.15, 0.2) is 0 Å². The molecule has 0 saturated heterocycles. The number of ether oxygens (including phenoxy) is 1. The third-order valence-electron chi connectivity index (χ3n) is 8.61. The molecule has 2 aliphatic carbocycles. The molecule has 1 nitrogen and oxygen atoms in total. The Labute approximate surface area is 184 Å². The minimum Gasteiger partial charge on any atom is -0.375 e. The molecule has 0 unspecified atom stereocenters. The lowest BCUT2D eigenvalue weighted by Gasteiger charge is -2.44. The lowest BCUT2D eigenvalue weighted by atomic mass is 9.66. The van der Waals surface area contributed by atoms with E-state index in [1.807, 2.05) is 0 Å². The van der Waals surface area contributed by atoms with Crippen LogP contribution in [0.3, 0.4) is 0 Å². The predicted octanol–water partition coefficient (Wildman–Crippen LogP) is 9.62. The molecule has 0 aromatic rings. The third-order valence-corrected chi connectivity index (χ3v) is 8.61. The summed E-state index contributed by atoms with van der Waals surface area (Å²) in [6.45, 7) is 9.41. The van der Waals surface area contributed by atoms with Gasteiger partial charge in [-0.1, -0.05) is 79.1 Å². The van der Waals surface area contributed by atoms with Gasteiger partial charge in [-0.3, -0.25) is 0 Å². The average molecular weight is 407 g/mol. The van der Waals surface area contributed by atoms with Crippen molar-refractivity contribution in [3.8, 4) is 0 Å². The molecule has 0 bridgehead atoms. The fourth-order valence-corrected chi connectivity index (χ4v) is 6.41. The van der Waals surface area contributed by atoms with Crippen molar-refractivity contribution >= 4 is 0 Å². The first-order chi connectivity index (χ1) is 14.1. The minimum absolute atomic E-state index is 0.565. The number of rotatable bonds is 14. The van der Waals surface area contributed by atoms with E-state index in [1.165, 1.54) is 128 Å². The highest BCUT2D eigenvalue weighted by Crippen LogP contribution is 2.48. The Kier molecular flexibility index (Phi) is 11.6. The Hall–Kier alpha value is -0.0400. The van der Waals surface area contributed by atoms with E-state index in [9.17, 15) is 0 Å². The van der Waals surface area contributed by atoms with Crippen molar-refractivity contribution in [2.45, 2.75) is 168 Å². The average Bonchev–Trinajstić information content (AvgIpc) is 2.76. The van der Waals surface area contributed by atoms with Crippen LogP contribution in [-0.4, -0.2) is 12.2 Å². The van der Waals surface area contributed by atoms with Gasteiger partial charge in [-0.25, -0.2) is 0 Å². The van der Waals surface area contributed by atoms with E-state index in [-0.39, 0.29) is 0 Å². The van der Waals surface area contributed by atoms with E-state index in [2.05, 4.69) is 27.7 Å². The SMILES string of the molecule is CCCCC1(CCCC)CCC(OC2CCC(CCCC)(CCCC)CC2)CC1. The van der Waals surface area contributed by atoms with Crippen LogP contribution in [0.4, 0.5) is 0 Å². The van der Waals surface area contributed by atoms with Crippen molar-refractivity contribution in [1.82, 2.24) is 0 Å². The van der Waals surface area contributed by atoms with Gasteiger partial charge in [0.05, 0.1) is 12.2 Å². The normalized spacial score (nSPS) is 22.8. The van der Waals surface area contributed by atoms with Gasteiger partial charge < -0.3 is 4.74 Å². The molecule has 0 aromatic heterocycles. The summed E-state index contributed by atoms with van der Waals surface area (Å²) in [5.41, 5.74) is 1.32. The molecule has 29 heavy (non-hydrogen) atoms. The molecule has 0 heterocycles. The topological polar surface area (TPSA) is 9.23 Å². The van der Waals surface area contributed by atoms with Gasteiger partial charge in [0.1, 0.15) is 0 Å². The molecule has 1 heteroatoms. The molecule has 0 spiro atoms. The third kappa shape index (κ3) is 8.19. The lowest BCUT2D eigenvalue weighted by molar-refractivity contribution is -0.0804. The molecule has 2 rings (SSSR count). The van der Waals surface area contributed by atoms with Crippen LogP contribution < -0.4 is 0 Å². The maximum Gasteiger partial charge on any atom is 0.0579 e. The van der Waals surface area contributed by atoms with Crippen molar-refractivity contribution < 1.29 is 4.74 Å². The molecule has 0 aromatic carbocycles. The monoisotopic (exact) mass is 406 g/mol. The highest BCUT2D eigenvalue weighted by Gasteiger charge is 2.38. The Morgan fingerprint density at radius 2 is 0.793 bits per heavy atom. The number of unbranched alkanes of at least 4 members (excludes halogenated alkanes) is 4. The van der Waals surface area contributed by atoms with Gasteiger partial charge in [0.25, 0.3) is 0 Å². The Morgan fingerprint density at radius 1 is 0.517 bits per heavy atom. The maximum absolute atomic E-state index is 6.74. The van der Waals surface area contributed by atoms with Crippen molar-refractivity contribution in [3.63, 3.8) is 0 Å². The number of hydrogen-bond acceptors (Lipinski definition) is 1. The molecular weight excluding hydrogens is 352 g/mol. The zero-order valence-corrected chi connectivity index (χ0v) is 20.7. The first-order valence-electron chi connectivity index (χ1n) is 13.8. The van der Waals surface area contributed by atoms with Crippen LogP contribution in [0.1, 0.15) is 156 Å². The second-order valence-corrected chi connectivity index (χ2v) is 10.9. The van der Waals surface area contributed by atoms with Crippen LogP contribution in [-0.2, 0) is 4.74 Å². The van der Waals surface area contributed by atoms with Gasteiger partial charge in [0.2, 0.25) is 0 Å². The van der Waals surface area contributed by atoms with Gasteiger partial charge in [0, 0.05) is 0 Å². The first-order valence-corrected chi connectivity index (χ1v) is 13.8. The number of hydrogen-bond donors (Lipinski definition) is 0. The Balaban J connectivity index is 1.78. The summed E-state index contributed by atoms with van der Waals surface area (Å²) in [5, 5.41) is 0. The molecule has 172 valence electrons. The zero-order chi connectivity index (χ0) is 21.0. The van der Waals surface area contributed by atoms with Crippen molar-refractivity contribution in [2.75, 3.05) is 0 Å². The van der Waals surface area contributed by atoms with Gasteiger partial charge >= 0.3 is 0 Å². The van der Waals surface area contributed by atoms with E-state index in [1.54, 1.807) is 0 Å². The van der Waals surface area contributed by atoms with Crippen molar-refractivity contribution in [2.24, 2.45) is 10.8 Å². The summed E-state index contributed by atoms with van der Waals surface area (Å²) in [4.78, 5) is 0. The van der Waals surface area contributed by atoms with E-state index >= 15 is 0 Å². The fraction of sp³-hybridized carbons (Fsp3) is 1.00. The molecular formula is C28H54O. The minimum atomic E-state index is 0.565. The zero-order valence-electron chi connectivity index (χ0n) is 20.7. The molecule has 0 amide bonds. The van der Waals surface area contributed by atoms with E-state index in [0.717, 1.165) is 0 Å². The molecule has 0 aliphatic heterocycles. The first kappa shape index (κ1) is 25.2. The summed E-state index contributed by atoms with van der Waals surface area (Å²) < 4.78 is 6.74. The highest BCUT2D eigenvalue weighted by molar-refractivity contribution is 4.89. The molecule has 0 radical (unpaired) electrons. The molecule has 0 atom stereocenters. The maximum atomic E-state index is 6.74. The van der Waals surface area contributed by atoms with Crippen LogP contribution in [0.2, 0.25) is 0 Å². The highest BCUT2D eigenvalue weighted by atomic mass is 16.5. The van der Waals surface area contributed by atoms with Crippen LogP contribution in [0.25, 0.3) is 0 Å². The van der Waals surface area contributed by atoms with Crippen molar-refractivity contribution in [1.29, 1.82) is 0 Å². The summed E-state index contributed by atoms with van der Waals surface area (Å²) in [7, 11) is 0. The quantitative estimate of drug-likeness (QED) is 0.279. The van der Waals surface area contributed by atoms with Crippen LogP contribution in [0.5, 0.6) is 0 Å². The summed E-state index contributed by atoms with van der Waals surface area (Å²) >= 11 is 0. The van der Waals surface area contributed by atoms with E-state index in [0.29, 0.717) is 23.0 Å². The second-order valence-electron chi connectivity index (χ2n) is 10.9. The largest absolute Gasteiger partial charge is 0.375 e. The predicted molar refractivity (Wildman–Crippen MR) is 129 cm³/mol. The smallest absolute Gasteiger partial charge is 0.0579 e. The molecule has 2 fully saturated rings. The van der Waals surface area contributed by atoms with E-state index in [4.69, 9.17) is 4.74 Å². The molecule has 2 saturated carbocycles. The summed E-state index contributed by atoms with van der Waals surface area (Å²) in [6, 6.07) is 0. The Bertz CT molecular complexity index is 341. The molecule has 2 aliphatic rings. The van der Waals surface area contributed by atoms with Gasteiger partial charge in [-0.15, -0.1) is 0 Å². The van der Waals surface area contributed by atoms with Crippen molar-refractivity contribution in [3.05, 3.63) is 0 Å². The van der Waals surface area contributed by atoms with Crippen LogP contribution in [0, 0.1) is 10.8 Å². The summed E-state index contributed by atoms with van der Waals surface area (Å²) in [5.74, 6) is 0. The van der Waals surface area contributed by atoms with Crippen LogP contribution >= 0.6 is 0 Å².